The lowest BCUT2D eigenvalue weighted by Gasteiger charge is -2.33. The maximum atomic E-state index is 5.29. The van der Waals surface area contributed by atoms with E-state index >= 15 is 0 Å². The fraction of sp³-hybridized carbons (Fsp3) is 1.00. The van der Waals surface area contributed by atoms with Gasteiger partial charge in [-0.15, -0.1) is 0 Å². The monoisotopic (exact) mass is 312 g/mol. The van der Waals surface area contributed by atoms with Gasteiger partial charge >= 0.3 is 0 Å². The van der Waals surface area contributed by atoms with E-state index in [0.717, 1.165) is 25.0 Å². The van der Waals surface area contributed by atoms with Gasteiger partial charge in [-0.05, 0) is 48.3 Å². The van der Waals surface area contributed by atoms with E-state index in [1.54, 1.807) is 0 Å². The summed E-state index contributed by atoms with van der Waals surface area (Å²) in [4.78, 5) is 0. The summed E-state index contributed by atoms with van der Waals surface area (Å²) in [5, 5.41) is 0. The largest absolute Gasteiger partial charge is 0.381 e. The summed E-state index contributed by atoms with van der Waals surface area (Å²) < 4.78 is 5.29. The molecule has 0 N–H and O–H groups in total. The van der Waals surface area contributed by atoms with Gasteiger partial charge in [0.25, 0.3) is 0 Å². The Kier molecular flexibility index (Phi) is 10.7. The van der Waals surface area contributed by atoms with Crippen molar-refractivity contribution in [2.24, 2.45) is 22.7 Å². The Labute approximate surface area is 141 Å². The summed E-state index contributed by atoms with van der Waals surface area (Å²) >= 11 is 0. The lowest BCUT2D eigenvalue weighted by Crippen LogP contribution is -2.27. The van der Waals surface area contributed by atoms with Crippen LogP contribution in [-0.4, -0.2) is 13.2 Å². The van der Waals surface area contributed by atoms with Gasteiger partial charge in [-0.3, -0.25) is 0 Å². The van der Waals surface area contributed by atoms with Crippen LogP contribution in [-0.2, 0) is 4.74 Å². The molecular formula is C21H44O. The molecule has 2 fully saturated rings. The van der Waals surface area contributed by atoms with Crippen molar-refractivity contribution in [3.63, 3.8) is 0 Å². The third-order valence-electron chi connectivity index (χ3n) is 5.07. The third-order valence-corrected chi connectivity index (χ3v) is 5.07. The fourth-order valence-corrected chi connectivity index (χ4v) is 3.11. The predicted molar refractivity (Wildman–Crippen MR) is 100 cm³/mol. The molecule has 1 heteroatoms. The van der Waals surface area contributed by atoms with Crippen LogP contribution < -0.4 is 0 Å². The fourth-order valence-electron chi connectivity index (χ4n) is 3.11. The van der Waals surface area contributed by atoms with Crippen LogP contribution in [0.4, 0.5) is 0 Å². The van der Waals surface area contributed by atoms with E-state index in [-0.39, 0.29) is 0 Å². The maximum absolute atomic E-state index is 5.29. The van der Waals surface area contributed by atoms with Gasteiger partial charge in [0.2, 0.25) is 0 Å². The highest BCUT2D eigenvalue weighted by atomic mass is 16.5. The predicted octanol–water partition coefficient (Wildman–Crippen LogP) is 7.10. The minimum Gasteiger partial charge on any atom is -0.381 e. The first-order valence-electron chi connectivity index (χ1n) is 9.70. The molecule has 0 aromatic heterocycles. The molecular weight excluding hydrogens is 268 g/mol. The second-order valence-corrected chi connectivity index (χ2v) is 9.31. The van der Waals surface area contributed by atoms with Crippen LogP contribution in [0.25, 0.3) is 0 Å². The summed E-state index contributed by atoms with van der Waals surface area (Å²) in [6, 6.07) is 0. The standard InChI is InChI=1S/C9H18O.C9H18.C3H8/c1-9(2,3)8-4-6-10-7-5-8;1-8-4-6-9(2,3)7-5-8;1-3-2/h8H,4-7H2,1-3H3;8H,4-7H2,1-3H3;3H2,1-2H3. The average Bonchev–Trinajstić information content (AvgIpc) is 2.44. The van der Waals surface area contributed by atoms with Gasteiger partial charge in [0.15, 0.2) is 0 Å². The Balaban J connectivity index is 0.000000342. The first-order valence-corrected chi connectivity index (χ1v) is 9.70. The topological polar surface area (TPSA) is 9.23 Å². The van der Waals surface area contributed by atoms with Crippen molar-refractivity contribution >= 4 is 0 Å². The molecule has 22 heavy (non-hydrogen) atoms. The summed E-state index contributed by atoms with van der Waals surface area (Å²) in [7, 11) is 0. The van der Waals surface area contributed by atoms with Gasteiger partial charge in [0.05, 0.1) is 0 Å². The molecule has 0 bridgehead atoms. The summed E-state index contributed by atoms with van der Waals surface area (Å²) in [5.41, 5.74) is 1.15. The van der Waals surface area contributed by atoms with Crippen molar-refractivity contribution in [3.05, 3.63) is 0 Å². The van der Waals surface area contributed by atoms with Gasteiger partial charge in [0.1, 0.15) is 0 Å². The molecule has 0 aromatic carbocycles. The molecule has 0 radical (unpaired) electrons. The van der Waals surface area contributed by atoms with Crippen LogP contribution >= 0.6 is 0 Å². The van der Waals surface area contributed by atoms with Crippen molar-refractivity contribution in [2.75, 3.05) is 13.2 Å². The highest BCUT2D eigenvalue weighted by Gasteiger charge is 2.26. The van der Waals surface area contributed by atoms with Crippen molar-refractivity contribution in [1.29, 1.82) is 0 Å². The van der Waals surface area contributed by atoms with Crippen molar-refractivity contribution in [3.8, 4) is 0 Å². The lowest BCUT2D eigenvalue weighted by molar-refractivity contribution is 0.0286. The van der Waals surface area contributed by atoms with E-state index in [0.29, 0.717) is 10.8 Å². The Morgan fingerprint density at radius 2 is 1.32 bits per heavy atom. The summed E-state index contributed by atoms with van der Waals surface area (Å²) in [6.45, 7) is 20.3. The number of hydrogen-bond acceptors (Lipinski definition) is 1. The van der Waals surface area contributed by atoms with Crippen molar-refractivity contribution in [1.82, 2.24) is 0 Å². The minimum absolute atomic E-state index is 0.490. The van der Waals surface area contributed by atoms with E-state index in [9.17, 15) is 0 Å². The quantitative estimate of drug-likeness (QED) is 0.463. The van der Waals surface area contributed by atoms with Gasteiger partial charge in [-0.1, -0.05) is 74.7 Å². The molecule has 1 saturated heterocycles. The van der Waals surface area contributed by atoms with Gasteiger partial charge in [-0.25, -0.2) is 0 Å². The highest BCUT2D eigenvalue weighted by Crippen LogP contribution is 2.37. The highest BCUT2D eigenvalue weighted by molar-refractivity contribution is 4.76. The zero-order chi connectivity index (χ0) is 17.2. The third kappa shape index (κ3) is 10.6. The smallest absolute Gasteiger partial charge is 0.0468 e. The molecule has 1 aliphatic heterocycles. The number of hydrogen-bond donors (Lipinski definition) is 0. The normalized spacial score (nSPS) is 22.9. The van der Waals surface area contributed by atoms with Gasteiger partial charge in [-0.2, -0.15) is 0 Å². The van der Waals surface area contributed by atoms with Crippen LogP contribution in [0.15, 0.2) is 0 Å². The Morgan fingerprint density at radius 1 is 0.909 bits per heavy atom. The molecule has 134 valence electrons. The van der Waals surface area contributed by atoms with E-state index in [4.69, 9.17) is 4.74 Å². The molecule has 1 heterocycles. The second-order valence-electron chi connectivity index (χ2n) is 9.31. The van der Waals surface area contributed by atoms with Gasteiger partial charge < -0.3 is 4.74 Å². The zero-order valence-corrected chi connectivity index (χ0v) is 16.9. The Morgan fingerprint density at radius 3 is 1.59 bits per heavy atom. The molecule has 0 amide bonds. The number of rotatable bonds is 0. The van der Waals surface area contributed by atoms with Gasteiger partial charge in [0, 0.05) is 13.2 Å². The Bertz CT molecular complexity index is 246. The lowest BCUT2D eigenvalue weighted by atomic mass is 9.74. The molecule has 2 aliphatic rings. The van der Waals surface area contributed by atoms with Crippen LogP contribution in [0, 0.1) is 22.7 Å². The van der Waals surface area contributed by atoms with E-state index in [1.807, 2.05) is 0 Å². The van der Waals surface area contributed by atoms with E-state index in [1.165, 1.54) is 44.9 Å². The Hall–Kier alpha value is -0.0400. The summed E-state index contributed by atoms with van der Waals surface area (Å²) in [6.07, 6.45) is 9.54. The molecule has 0 aromatic rings. The molecule has 1 saturated carbocycles. The molecule has 0 spiro atoms. The van der Waals surface area contributed by atoms with Crippen molar-refractivity contribution < 1.29 is 4.74 Å². The van der Waals surface area contributed by atoms with E-state index in [2.05, 4.69) is 55.4 Å². The second kappa shape index (κ2) is 10.7. The summed E-state index contributed by atoms with van der Waals surface area (Å²) in [5.74, 6) is 1.87. The molecule has 2 rings (SSSR count). The zero-order valence-electron chi connectivity index (χ0n) is 16.9. The molecule has 1 aliphatic carbocycles. The molecule has 0 unspecified atom stereocenters. The first kappa shape index (κ1) is 22.0. The maximum Gasteiger partial charge on any atom is 0.0468 e. The van der Waals surface area contributed by atoms with Crippen molar-refractivity contribution in [2.45, 2.75) is 100 Å². The van der Waals surface area contributed by atoms with Crippen LogP contribution in [0.1, 0.15) is 100 Å². The first-order chi connectivity index (χ1) is 10.1. The SMILES string of the molecule is CC(C)(C)C1CCOCC1.CC1CCC(C)(C)CC1.CCC. The molecule has 0 atom stereocenters. The van der Waals surface area contributed by atoms with Crippen LogP contribution in [0.3, 0.4) is 0 Å². The minimum atomic E-state index is 0.490. The van der Waals surface area contributed by atoms with Crippen LogP contribution in [0.5, 0.6) is 0 Å². The number of ether oxygens (including phenoxy) is 1. The molecule has 1 nitrogen and oxygen atoms in total. The average molecular weight is 313 g/mol. The van der Waals surface area contributed by atoms with Crippen LogP contribution in [0.2, 0.25) is 0 Å². The van der Waals surface area contributed by atoms with E-state index < -0.39 is 0 Å².